The molecule has 1 aliphatic carbocycles. The number of hydrogen-bond acceptors (Lipinski definition) is 0. The molecule has 0 spiro atoms. The molecule has 192 valence electrons. The molecule has 0 saturated heterocycles. The molecule has 0 saturated carbocycles. The minimum atomic E-state index is -0.369. The molecule has 0 bridgehead atoms. The van der Waals surface area contributed by atoms with Crippen molar-refractivity contribution in [1.29, 1.82) is 0 Å². The molecule has 4 aromatic carbocycles. The molecule has 0 fully saturated rings. The summed E-state index contributed by atoms with van der Waals surface area (Å²) in [4.78, 5) is 0. The first kappa shape index (κ1) is 32.2. The Morgan fingerprint density at radius 3 is 1.47 bits per heavy atom. The van der Waals surface area contributed by atoms with Crippen molar-refractivity contribution in [2.24, 2.45) is 0 Å². The van der Waals surface area contributed by atoms with E-state index >= 15 is 0 Å². The van der Waals surface area contributed by atoms with Gasteiger partial charge in [-0.2, -0.15) is 0 Å². The Morgan fingerprint density at radius 2 is 1.05 bits per heavy atom. The number of allylic oxidation sites excluding steroid dienone is 4. The molecule has 0 nitrogen and oxygen atoms in total. The van der Waals surface area contributed by atoms with Gasteiger partial charge in [0.2, 0.25) is 0 Å². The first-order chi connectivity index (χ1) is 16.9. The molecule has 1 atom stereocenters. The van der Waals surface area contributed by atoms with Crippen molar-refractivity contribution in [2.45, 2.75) is 36.3 Å². The molecule has 0 heterocycles. The van der Waals surface area contributed by atoms with Crippen molar-refractivity contribution in [1.82, 2.24) is 0 Å². The Hall–Kier alpha value is -2.06. The first-order valence-electron chi connectivity index (χ1n) is 12.3. The van der Waals surface area contributed by atoms with E-state index in [9.17, 15) is 0 Å². The normalized spacial score (nSPS) is 16.1. The molecule has 0 amide bonds. The Kier molecular flexibility index (Phi) is 11.3. The number of benzene rings is 4. The maximum Gasteiger partial charge on any atom is -1.00 e. The van der Waals surface area contributed by atoms with Gasteiger partial charge in [-0.1, -0.05) is 0 Å². The molecular weight excluding hydrogens is 563 g/mol. The van der Waals surface area contributed by atoms with Crippen molar-refractivity contribution >= 4 is 0 Å². The van der Waals surface area contributed by atoms with Crippen molar-refractivity contribution in [3.8, 4) is 0 Å². The summed E-state index contributed by atoms with van der Waals surface area (Å²) in [6.07, 6.45) is 8.26. The third-order valence-corrected chi connectivity index (χ3v) is 8.27. The monoisotopic (exact) mass is 592 g/mol. The Bertz CT molecular complexity index is 1310. The van der Waals surface area contributed by atoms with Crippen LogP contribution in [0.15, 0.2) is 127 Å². The van der Waals surface area contributed by atoms with E-state index in [2.05, 4.69) is 163 Å². The summed E-state index contributed by atoms with van der Waals surface area (Å²) in [6, 6.07) is 38.1. The zero-order valence-corrected chi connectivity index (χ0v) is 25.7. The second kappa shape index (κ2) is 13.3. The average Bonchev–Trinajstić information content (AvgIpc) is 3.22. The molecule has 0 radical (unpaired) electrons. The van der Waals surface area contributed by atoms with Gasteiger partial charge in [-0.25, -0.2) is 0 Å². The van der Waals surface area contributed by atoms with Crippen molar-refractivity contribution in [3.05, 3.63) is 166 Å². The van der Waals surface area contributed by atoms with Gasteiger partial charge in [0.25, 0.3) is 0 Å². The van der Waals surface area contributed by atoms with Gasteiger partial charge >= 0.3 is 223 Å². The van der Waals surface area contributed by atoms with E-state index in [1.807, 2.05) is 0 Å². The Labute approximate surface area is 258 Å². The van der Waals surface area contributed by atoms with E-state index < -0.39 is 0 Å². The van der Waals surface area contributed by atoms with Gasteiger partial charge in [0.05, 0.1) is 0 Å². The fraction of sp³-hybridized carbons (Fsp3) is 0.176. The molecule has 4 heteroatoms. The Balaban J connectivity index is 0.00000169. The number of aryl methyl sites for hydroxylation is 3. The van der Waals surface area contributed by atoms with Gasteiger partial charge in [-0.15, -0.1) is 0 Å². The van der Waals surface area contributed by atoms with Crippen LogP contribution in [0.5, 0.6) is 0 Å². The van der Waals surface area contributed by atoms with Crippen LogP contribution in [-0.2, 0) is 32.3 Å². The molecule has 0 aliphatic heterocycles. The van der Waals surface area contributed by atoms with Gasteiger partial charge in [-0.3, -0.25) is 0 Å². The summed E-state index contributed by atoms with van der Waals surface area (Å²) < 4.78 is -0.244. The van der Waals surface area contributed by atoms with Crippen LogP contribution >= 0.6 is 0 Å². The summed E-state index contributed by atoms with van der Waals surface area (Å²) in [5.74, 6) is 0. The van der Waals surface area contributed by atoms with Gasteiger partial charge in [0.1, 0.15) is 0 Å². The molecule has 1 unspecified atom stereocenters. The van der Waals surface area contributed by atoms with Gasteiger partial charge < -0.3 is 37.2 Å². The summed E-state index contributed by atoms with van der Waals surface area (Å²) in [5, 5.41) is 0. The van der Waals surface area contributed by atoms with E-state index in [-0.39, 0.29) is 46.4 Å². The third-order valence-electron chi connectivity index (χ3n) is 7.20. The van der Waals surface area contributed by atoms with Gasteiger partial charge in [0.15, 0.2) is 0 Å². The minimum absolute atomic E-state index is 0. The second-order valence-electron chi connectivity index (χ2n) is 9.94. The molecule has 5 rings (SSSR count). The van der Waals surface area contributed by atoms with E-state index in [0.29, 0.717) is 0 Å². The fourth-order valence-electron chi connectivity index (χ4n) is 5.65. The predicted octanol–water partition coefficient (Wildman–Crippen LogP) is -0.597. The van der Waals surface area contributed by atoms with Crippen molar-refractivity contribution in [2.75, 3.05) is 0 Å². The first-order valence-corrected chi connectivity index (χ1v) is 13.1. The molecule has 1 aliphatic rings. The Morgan fingerprint density at radius 1 is 0.605 bits per heavy atom. The molecule has 38 heavy (non-hydrogen) atoms. The zero-order chi connectivity index (χ0) is 24.5. The standard InChI is InChI=1S/C34H31.3ClH.Ti/c1-25-10-7-15-30(20-25)34(31-16-8-11-26(2)21-31,32-17-9-12-27(3)22-32)33-19-18-29(24-33)23-28-13-5-4-6-14-28;;;;/h4-22,24H,23H2,1-3H3;3*1H;/q;;;;+3/p-3. The quantitative estimate of drug-likeness (QED) is 0.207. The van der Waals surface area contributed by atoms with Crippen LogP contribution in [0, 0.1) is 20.8 Å². The summed E-state index contributed by atoms with van der Waals surface area (Å²) in [5.41, 5.74) is 10.2. The molecular formula is C34H31Cl3Ti. The number of hydrogen-bond donors (Lipinski definition) is 0. The number of rotatable bonds is 6. The summed E-state index contributed by atoms with van der Waals surface area (Å²) in [7, 11) is 0. The van der Waals surface area contributed by atoms with Crippen LogP contribution in [0.2, 0.25) is 3.72 Å². The van der Waals surface area contributed by atoms with Crippen molar-refractivity contribution in [3.63, 3.8) is 0 Å². The van der Waals surface area contributed by atoms with Crippen LogP contribution in [0.4, 0.5) is 0 Å². The maximum atomic E-state index is 2.52. The summed E-state index contributed by atoms with van der Waals surface area (Å²) >= 11 is 2.41. The third kappa shape index (κ3) is 6.06. The molecule has 0 N–H and O–H groups in total. The van der Waals surface area contributed by atoms with Crippen LogP contribution in [0.3, 0.4) is 0 Å². The second-order valence-corrected chi connectivity index (χ2v) is 11.2. The maximum absolute atomic E-state index is 2.52. The molecule has 0 aromatic heterocycles. The van der Waals surface area contributed by atoms with E-state index in [0.717, 1.165) is 6.42 Å². The SMILES string of the molecule is Cc1cccc(C(c2cccc(C)c2)(c2cccc(C)c2)[C]2([Ti+3])C=CC(Cc3ccccc3)=C2)c1.[Cl-].[Cl-].[Cl-]. The topological polar surface area (TPSA) is 0 Å². The summed E-state index contributed by atoms with van der Waals surface area (Å²) in [6.45, 7) is 6.60. The van der Waals surface area contributed by atoms with Crippen LogP contribution in [-0.4, -0.2) is 0 Å². The smallest absolute Gasteiger partial charge is 1.00 e. The average molecular weight is 594 g/mol. The minimum Gasteiger partial charge on any atom is -1.00 e. The van der Waals surface area contributed by atoms with Crippen LogP contribution in [0.25, 0.3) is 0 Å². The fourth-order valence-corrected chi connectivity index (χ4v) is 6.75. The predicted molar refractivity (Wildman–Crippen MR) is 143 cm³/mol. The largest absolute Gasteiger partial charge is 1.00 e. The van der Waals surface area contributed by atoms with Crippen LogP contribution < -0.4 is 37.2 Å². The van der Waals surface area contributed by atoms with E-state index in [1.54, 1.807) is 0 Å². The van der Waals surface area contributed by atoms with Gasteiger partial charge in [0, 0.05) is 0 Å². The number of halogens is 3. The van der Waals surface area contributed by atoms with Crippen LogP contribution in [0.1, 0.15) is 38.9 Å². The van der Waals surface area contributed by atoms with Gasteiger partial charge in [-0.05, 0) is 0 Å². The molecule has 4 aromatic rings. The van der Waals surface area contributed by atoms with E-state index in [4.69, 9.17) is 0 Å². The zero-order valence-electron chi connectivity index (χ0n) is 21.9. The van der Waals surface area contributed by atoms with Crippen molar-refractivity contribution < 1.29 is 57.7 Å². The van der Waals surface area contributed by atoms with E-state index in [1.165, 1.54) is 44.5 Å².